The van der Waals surface area contributed by atoms with Crippen LogP contribution in [0.1, 0.15) is 24.2 Å². The van der Waals surface area contributed by atoms with Crippen molar-refractivity contribution < 1.29 is 9.53 Å². The van der Waals surface area contributed by atoms with Crippen LogP contribution in [-0.2, 0) is 11.8 Å². The molecule has 1 amide bonds. The molecule has 0 atom stereocenters. The van der Waals surface area contributed by atoms with Crippen LogP contribution in [-0.4, -0.2) is 29.3 Å². The fraction of sp³-hybridized carbons (Fsp3) is 0.250. The lowest BCUT2D eigenvalue weighted by molar-refractivity contribution is 0.0976. The van der Waals surface area contributed by atoms with Crippen molar-refractivity contribution in [1.29, 1.82) is 0 Å². The summed E-state index contributed by atoms with van der Waals surface area (Å²) >= 11 is 0. The standard InChI is InChI=1S/C16H20N4O3/c1-5-7-13(18-19-14(23-4)8-6-2)17-16(22)12-9-10-15(21)20(3)11-12/h5-11H,1-4H3,(H,17,18,22)/b7-5-,8-6-,19-14+. The second-order valence-electron chi connectivity index (χ2n) is 4.45. The zero-order chi connectivity index (χ0) is 17.2. The van der Waals surface area contributed by atoms with Crippen LogP contribution in [0.15, 0.2) is 57.6 Å². The van der Waals surface area contributed by atoms with Crippen LogP contribution < -0.4 is 10.9 Å². The Kier molecular flexibility index (Phi) is 7.19. The highest BCUT2D eigenvalue weighted by Gasteiger charge is 2.08. The number of rotatable bonds is 4. The molecule has 0 unspecified atom stereocenters. The van der Waals surface area contributed by atoms with E-state index < -0.39 is 5.91 Å². The van der Waals surface area contributed by atoms with Crippen LogP contribution in [0.5, 0.6) is 0 Å². The molecule has 0 aliphatic heterocycles. The second kappa shape index (κ2) is 9.14. The first-order chi connectivity index (χ1) is 11.0. The van der Waals surface area contributed by atoms with Gasteiger partial charge < -0.3 is 14.6 Å². The summed E-state index contributed by atoms with van der Waals surface area (Å²) in [7, 11) is 3.05. The molecule has 1 aromatic heterocycles. The minimum atomic E-state index is -0.391. The van der Waals surface area contributed by atoms with Gasteiger partial charge in [-0.2, -0.15) is 0 Å². The fourth-order valence-corrected chi connectivity index (χ4v) is 1.56. The van der Waals surface area contributed by atoms with Gasteiger partial charge in [-0.1, -0.05) is 12.2 Å². The van der Waals surface area contributed by atoms with Crippen molar-refractivity contribution in [3.05, 3.63) is 58.6 Å². The highest BCUT2D eigenvalue weighted by Crippen LogP contribution is 1.96. The number of hydrogen-bond acceptors (Lipinski definition) is 5. The van der Waals surface area contributed by atoms with E-state index in [9.17, 15) is 9.59 Å². The lowest BCUT2D eigenvalue weighted by atomic mass is 10.2. The Morgan fingerprint density at radius 2 is 1.91 bits per heavy atom. The largest absolute Gasteiger partial charge is 0.480 e. The van der Waals surface area contributed by atoms with E-state index in [0.717, 1.165) is 0 Å². The molecule has 7 nitrogen and oxygen atoms in total. The Bertz CT molecular complexity index is 727. The number of amides is 1. The fourth-order valence-electron chi connectivity index (χ4n) is 1.56. The van der Waals surface area contributed by atoms with Gasteiger partial charge in [-0.25, -0.2) is 0 Å². The van der Waals surface area contributed by atoms with Crippen molar-refractivity contribution >= 4 is 17.6 Å². The van der Waals surface area contributed by atoms with Gasteiger partial charge in [-0.15, -0.1) is 10.2 Å². The molecule has 0 saturated heterocycles. The van der Waals surface area contributed by atoms with Crippen LogP contribution in [0.25, 0.3) is 0 Å². The smallest absolute Gasteiger partial charge is 0.258 e. The second-order valence-corrected chi connectivity index (χ2v) is 4.45. The van der Waals surface area contributed by atoms with E-state index in [1.807, 2.05) is 6.92 Å². The predicted molar refractivity (Wildman–Crippen MR) is 90.7 cm³/mol. The molecule has 0 aliphatic rings. The van der Waals surface area contributed by atoms with Crippen LogP contribution in [0.3, 0.4) is 0 Å². The van der Waals surface area contributed by atoms with Gasteiger partial charge in [0.05, 0.1) is 12.7 Å². The number of aromatic nitrogens is 1. The van der Waals surface area contributed by atoms with E-state index >= 15 is 0 Å². The number of carbonyl (C=O) groups is 1. The van der Waals surface area contributed by atoms with Gasteiger partial charge in [0.1, 0.15) is 0 Å². The lowest BCUT2D eigenvalue weighted by Gasteiger charge is -2.05. The van der Waals surface area contributed by atoms with Crippen molar-refractivity contribution in [3.63, 3.8) is 0 Å². The van der Waals surface area contributed by atoms with Gasteiger partial charge in [0.2, 0.25) is 11.5 Å². The molecule has 1 N–H and O–H groups in total. The number of nitrogens with one attached hydrogen (secondary N) is 1. The molecule has 0 aromatic carbocycles. The Morgan fingerprint density at radius 1 is 1.22 bits per heavy atom. The summed E-state index contributed by atoms with van der Waals surface area (Å²) in [5.41, 5.74) is 0.151. The van der Waals surface area contributed by atoms with E-state index in [1.165, 1.54) is 30.0 Å². The number of aryl methyl sites for hydroxylation is 1. The molecular weight excluding hydrogens is 296 g/mol. The summed E-state index contributed by atoms with van der Waals surface area (Å²) in [6, 6.07) is 2.78. The SMILES string of the molecule is C\C=C/C(=N\N=C(/C=C\C)OC)NC(=O)c1ccc(=O)n(C)c1. The molecule has 0 fully saturated rings. The quantitative estimate of drug-likeness (QED) is 0.520. The maximum Gasteiger partial charge on any atom is 0.258 e. The molecule has 1 aromatic rings. The topological polar surface area (TPSA) is 85.1 Å². The third-order valence-corrected chi connectivity index (χ3v) is 2.69. The van der Waals surface area contributed by atoms with E-state index in [1.54, 1.807) is 38.3 Å². The third-order valence-electron chi connectivity index (χ3n) is 2.69. The Labute approximate surface area is 134 Å². The Hall–Kier alpha value is -2.96. The van der Waals surface area contributed by atoms with Crippen LogP contribution in [0, 0.1) is 0 Å². The summed E-state index contributed by atoms with van der Waals surface area (Å²) in [4.78, 5) is 23.5. The lowest BCUT2D eigenvalue weighted by Crippen LogP contribution is -2.30. The van der Waals surface area contributed by atoms with E-state index in [0.29, 0.717) is 11.5 Å². The minimum Gasteiger partial charge on any atom is -0.480 e. The maximum absolute atomic E-state index is 12.2. The van der Waals surface area contributed by atoms with Crippen molar-refractivity contribution in [2.45, 2.75) is 13.8 Å². The highest BCUT2D eigenvalue weighted by atomic mass is 16.5. The molecule has 0 bridgehead atoms. The summed E-state index contributed by atoms with van der Waals surface area (Å²) in [6.07, 6.45) is 8.18. The number of allylic oxidation sites excluding steroid dienone is 2. The van der Waals surface area contributed by atoms with Gasteiger partial charge in [0.25, 0.3) is 5.91 Å². The Balaban J connectivity index is 3.01. The van der Waals surface area contributed by atoms with Gasteiger partial charge in [-0.05, 0) is 32.1 Å². The number of ether oxygens (including phenoxy) is 1. The van der Waals surface area contributed by atoms with Gasteiger partial charge in [0.15, 0.2) is 5.84 Å². The molecule has 7 heteroatoms. The van der Waals surface area contributed by atoms with E-state index in [2.05, 4.69) is 15.5 Å². The number of carbonyl (C=O) groups excluding carboxylic acids is 1. The van der Waals surface area contributed by atoms with Gasteiger partial charge in [0, 0.05) is 19.3 Å². The first-order valence-corrected chi connectivity index (χ1v) is 6.94. The Morgan fingerprint density at radius 3 is 2.48 bits per heavy atom. The number of nitrogens with zero attached hydrogens (tertiary/aromatic N) is 3. The van der Waals surface area contributed by atoms with Crippen molar-refractivity contribution in [3.8, 4) is 0 Å². The third kappa shape index (κ3) is 5.74. The molecule has 0 spiro atoms. The molecule has 0 aliphatic carbocycles. The average Bonchev–Trinajstić information content (AvgIpc) is 2.53. The van der Waals surface area contributed by atoms with E-state index in [-0.39, 0.29) is 11.4 Å². The van der Waals surface area contributed by atoms with Gasteiger partial charge >= 0.3 is 0 Å². The number of hydrogen-bond donors (Lipinski definition) is 1. The molecule has 1 rings (SSSR count). The van der Waals surface area contributed by atoms with Crippen molar-refractivity contribution in [1.82, 2.24) is 9.88 Å². The zero-order valence-corrected chi connectivity index (χ0v) is 13.6. The summed E-state index contributed by atoms with van der Waals surface area (Å²) in [6.45, 7) is 3.62. The number of methoxy groups -OCH3 is 1. The highest BCUT2D eigenvalue weighted by molar-refractivity contribution is 6.10. The molecule has 1 heterocycles. The molecule has 122 valence electrons. The zero-order valence-electron chi connectivity index (χ0n) is 13.6. The normalized spacial score (nSPS) is 12.9. The van der Waals surface area contributed by atoms with Crippen molar-refractivity contribution in [2.75, 3.05) is 7.11 Å². The average molecular weight is 316 g/mol. The van der Waals surface area contributed by atoms with Crippen LogP contribution in [0.4, 0.5) is 0 Å². The maximum atomic E-state index is 12.2. The predicted octanol–water partition coefficient (Wildman–Crippen LogP) is 1.63. The number of amidine groups is 1. The molecular formula is C16H20N4O3. The first-order valence-electron chi connectivity index (χ1n) is 6.94. The summed E-state index contributed by atoms with van der Waals surface area (Å²) < 4.78 is 6.35. The molecule has 0 radical (unpaired) electrons. The summed E-state index contributed by atoms with van der Waals surface area (Å²) in [5, 5.41) is 10.5. The van der Waals surface area contributed by atoms with Crippen molar-refractivity contribution in [2.24, 2.45) is 17.3 Å². The van der Waals surface area contributed by atoms with Crippen LogP contribution >= 0.6 is 0 Å². The van der Waals surface area contributed by atoms with E-state index in [4.69, 9.17) is 4.74 Å². The van der Waals surface area contributed by atoms with Gasteiger partial charge in [-0.3, -0.25) is 9.59 Å². The monoisotopic (exact) mass is 316 g/mol. The first kappa shape index (κ1) is 18.1. The number of pyridine rings is 1. The minimum absolute atomic E-state index is 0.190. The molecule has 23 heavy (non-hydrogen) atoms. The van der Waals surface area contributed by atoms with Crippen LogP contribution in [0.2, 0.25) is 0 Å². The molecule has 0 saturated carbocycles. The summed E-state index contributed by atoms with van der Waals surface area (Å²) in [5.74, 6) is 0.175.